The van der Waals surface area contributed by atoms with Gasteiger partial charge in [-0.05, 0) is 41.5 Å². The second kappa shape index (κ2) is 7.15. The van der Waals surface area contributed by atoms with E-state index in [4.69, 9.17) is 4.74 Å². The van der Waals surface area contributed by atoms with E-state index in [2.05, 4.69) is 10.1 Å². The molecule has 2 aliphatic heterocycles. The summed E-state index contributed by atoms with van der Waals surface area (Å²) in [4.78, 5) is 23.5. The summed E-state index contributed by atoms with van der Waals surface area (Å²) in [5, 5.41) is 2.66. The molecule has 0 atom stereocenters. The Morgan fingerprint density at radius 3 is 2.75 bits per heavy atom. The summed E-state index contributed by atoms with van der Waals surface area (Å²) < 4.78 is 23.7. The Labute approximate surface area is 160 Å². The van der Waals surface area contributed by atoms with Gasteiger partial charge >= 0.3 is 5.97 Å². The van der Waals surface area contributed by atoms with Crippen molar-refractivity contribution in [2.24, 2.45) is 0 Å². The predicted octanol–water partition coefficient (Wildman–Crippen LogP) is 3.79. The number of carbonyl (C=O) groups excluding carboxylic acids is 2. The number of nitrogens with one attached hydrogen (secondary N) is 1. The van der Waals surface area contributed by atoms with Crippen LogP contribution in [0.3, 0.4) is 0 Å². The number of hydrogen-bond donors (Lipinski definition) is 1. The third-order valence-electron chi connectivity index (χ3n) is 4.56. The largest absolute Gasteiger partial charge is 0.488 e. The number of fused-ring (bicyclic) bond motifs is 1. The van der Waals surface area contributed by atoms with Gasteiger partial charge in [0.1, 0.15) is 18.2 Å². The highest BCUT2D eigenvalue weighted by Crippen LogP contribution is 2.38. The molecular weight excluding hydrogens is 361 g/mol. The molecule has 0 aliphatic carbocycles. The van der Waals surface area contributed by atoms with Gasteiger partial charge in [0.2, 0.25) is 0 Å². The van der Waals surface area contributed by atoms with E-state index in [9.17, 15) is 14.0 Å². The van der Waals surface area contributed by atoms with Crippen LogP contribution in [0.2, 0.25) is 0 Å². The van der Waals surface area contributed by atoms with Gasteiger partial charge in [-0.15, -0.1) is 0 Å². The van der Waals surface area contributed by atoms with Crippen molar-refractivity contribution in [3.05, 3.63) is 82.9 Å². The topological polar surface area (TPSA) is 64.6 Å². The number of esters is 1. The first-order chi connectivity index (χ1) is 13.5. The van der Waals surface area contributed by atoms with Crippen LogP contribution in [0, 0.1) is 5.82 Å². The third kappa shape index (κ3) is 3.32. The number of hydrogen-bond acceptors (Lipinski definition) is 4. The number of amides is 1. The molecule has 4 rings (SSSR count). The van der Waals surface area contributed by atoms with Gasteiger partial charge in [-0.1, -0.05) is 24.3 Å². The minimum absolute atomic E-state index is 0.309. The van der Waals surface area contributed by atoms with Crippen LogP contribution in [0.15, 0.2) is 60.4 Å². The highest BCUT2D eigenvalue weighted by molar-refractivity contribution is 6.32. The summed E-state index contributed by atoms with van der Waals surface area (Å²) in [5.74, 6) is -0.665. The smallest absolute Gasteiger partial charge is 0.330 e. The van der Waals surface area contributed by atoms with Gasteiger partial charge < -0.3 is 14.8 Å². The van der Waals surface area contributed by atoms with Gasteiger partial charge in [0.15, 0.2) is 0 Å². The van der Waals surface area contributed by atoms with Crippen molar-refractivity contribution in [3.8, 4) is 0 Å². The second-order valence-corrected chi connectivity index (χ2v) is 6.32. The molecule has 6 heteroatoms. The van der Waals surface area contributed by atoms with Crippen molar-refractivity contribution < 1.29 is 23.5 Å². The molecule has 1 N–H and O–H groups in total. The zero-order valence-corrected chi connectivity index (χ0v) is 15.0. The maximum Gasteiger partial charge on any atom is 0.330 e. The van der Waals surface area contributed by atoms with Gasteiger partial charge in [0, 0.05) is 17.2 Å². The van der Waals surface area contributed by atoms with E-state index in [1.165, 1.54) is 25.3 Å². The molecule has 0 bridgehead atoms. The van der Waals surface area contributed by atoms with E-state index in [0.717, 1.165) is 16.7 Å². The lowest BCUT2D eigenvalue weighted by Gasteiger charge is -2.03. The average Bonchev–Trinajstić information content (AvgIpc) is 3.29. The summed E-state index contributed by atoms with van der Waals surface area (Å²) in [6.45, 7) is 0.333. The second-order valence-electron chi connectivity index (χ2n) is 6.32. The predicted molar refractivity (Wildman–Crippen MR) is 103 cm³/mol. The molecule has 2 aromatic carbocycles. The number of methoxy groups -OCH3 is 1. The van der Waals surface area contributed by atoms with Crippen LogP contribution in [0.4, 0.5) is 10.1 Å². The molecule has 2 aromatic rings. The Morgan fingerprint density at radius 1 is 1.21 bits per heavy atom. The Bertz CT molecular complexity index is 1060. The summed E-state index contributed by atoms with van der Waals surface area (Å²) in [6.07, 6.45) is 4.85. The maximum atomic E-state index is 13.4. The van der Waals surface area contributed by atoms with Crippen LogP contribution in [0.1, 0.15) is 16.7 Å². The molecule has 0 radical (unpaired) electrons. The number of allylic oxidation sites excluding steroid dienone is 1. The number of anilines is 1. The molecule has 2 aliphatic rings. The molecule has 5 nitrogen and oxygen atoms in total. The molecule has 0 unspecified atom stereocenters. The summed E-state index contributed by atoms with van der Waals surface area (Å²) in [5.41, 5.74) is 4.21. The Kier molecular flexibility index (Phi) is 4.53. The molecule has 0 fully saturated rings. The van der Waals surface area contributed by atoms with Crippen LogP contribution in [0.25, 0.3) is 17.2 Å². The fourth-order valence-electron chi connectivity index (χ4n) is 3.14. The van der Waals surface area contributed by atoms with Crippen LogP contribution in [-0.2, 0) is 19.1 Å². The average molecular weight is 377 g/mol. The van der Waals surface area contributed by atoms with Crippen molar-refractivity contribution in [3.63, 3.8) is 0 Å². The molecule has 2 heterocycles. The van der Waals surface area contributed by atoms with Gasteiger partial charge in [0.05, 0.1) is 18.4 Å². The number of halogens is 1. The quantitative estimate of drug-likeness (QED) is 0.653. The number of carbonyl (C=O) groups is 2. The molecule has 140 valence electrons. The van der Waals surface area contributed by atoms with Crippen molar-refractivity contribution >= 4 is 34.8 Å². The SMILES string of the molecule is COC(=O)/C=C/c1ccc(C2=C/C(=C3\C(=O)Nc4cc(F)ccc43)OC2)cc1. The van der Waals surface area contributed by atoms with Crippen LogP contribution >= 0.6 is 0 Å². The lowest BCUT2D eigenvalue weighted by atomic mass is 10.0. The van der Waals surface area contributed by atoms with E-state index in [-0.39, 0.29) is 5.91 Å². The molecule has 0 saturated carbocycles. The lowest BCUT2D eigenvalue weighted by molar-refractivity contribution is -0.134. The first-order valence-electron chi connectivity index (χ1n) is 8.60. The van der Waals surface area contributed by atoms with Crippen molar-refractivity contribution in [1.82, 2.24) is 0 Å². The first-order valence-corrected chi connectivity index (χ1v) is 8.60. The van der Waals surface area contributed by atoms with E-state index >= 15 is 0 Å². The lowest BCUT2D eigenvalue weighted by Crippen LogP contribution is -2.05. The Balaban J connectivity index is 1.61. The first kappa shape index (κ1) is 17.7. The van der Waals surface area contributed by atoms with Crippen LogP contribution in [-0.4, -0.2) is 25.6 Å². The molecule has 0 aromatic heterocycles. The zero-order valence-electron chi connectivity index (χ0n) is 15.0. The molecular formula is C22H16FNO4. The molecule has 0 saturated heterocycles. The Hall–Kier alpha value is -3.67. The molecule has 0 spiro atoms. The van der Waals surface area contributed by atoms with E-state index in [1.54, 1.807) is 12.1 Å². The standard InChI is InChI=1S/C22H16FNO4/c1-27-20(25)9-4-13-2-5-14(6-3-13)15-10-19(28-12-15)21-17-8-7-16(23)11-18(17)24-22(21)26/h2-11H,12H2,1H3,(H,24,26)/b9-4+,21-19+. The minimum atomic E-state index is -0.415. The number of ether oxygens (including phenoxy) is 2. The van der Waals surface area contributed by atoms with E-state index in [1.807, 2.05) is 30.3 Å². The minimum Gasteiger partial charge on any atom is -0.488 e. The van der Waals surface area contributed by atoms with Gasteiger partial charge in [-0.2, -0.15) is 0 Å². The fourth-order valence-corrected chi connectivity index (χ4v) is 3.14. The third-order valence-corrected chi connectivity index (χ3v) is 4.56. The van der Waals surface area contributed by atoms with Gasteiger partial charge in [0.25, 0.3) is 5.91 Å². The highest BCUT2D eigenvalue weighted by Gasteiger charge is 2.30. The Morgan fingerprint density at radius 2 is 2.00 bits per heavy atom. The van der Waals surface area contributed by atoms with Crippen LogP contribution in [0.5, 0.6) is 0 Å². The summed E-state index contributed by atoms with van der Waals surface area (Å²) in [7, 11) is 1.33. The van der Waals surface area contributed by atoms with Crippen LogP contribution < -0.4 is 5.32 Å². The number of benzene rings is 2. The highest BCUT2D eigenvalue weighted by atomic mass is 19.1. The van der Waals surface area contributed by atoms with Crippen molar-refractivity contribution in [2.75, 3.05) is 19.0 Å². The summed E-state index contributed by atoms with van der Waals surface area (Å²) >= 11 is 0. The zero-order chi connectivity index (χ0) is 19.7. The normalized spacial score (nSPS) is 17.9. The van der Waals surface area contributed by atoms with Gasteiger partial charge in [-0.3, -0.25) is 4.79 Å². The molecule has 1 amide bonds. The summed E-state index contributed by atoms with van der Waals surface area (Å²) in [6, 6.07) is 11.8. The van der Waals surface area contributed by atoms with Crippen molar-refractivity contribution in [1.29, 1.82) is 0 Å². The maximum absolute atomic E-state index is 13.4. The fraction of sp³-hybridized carbons (Fsp3) is 0.0909. The molecule has 28 heavy (non-hydrogen) atoms. The van der Waals surface area contributed by atoms with Gasteiger partial charge in [-0.25, -0.2) is 9.18 Å². The monoisotopic (exact) mass is 377 g/mol. The van der Waals surface area contributed by atoms with Crippen molar-refractivity contribution in [2.45, 2.75) is 0 Å². The van der Waals surface area contributed by atoms with E-state index < -0.39 is 11.8 Å². The number of rotatable bonds is 3. The van der Waals surface area contributed by atoms with E-state index in [0.29, 0.717) is 29.2 Å².